The van der Waals surface area contributed by atoms with Gasteiger partial charge < -0.3 is 5.73 Å². The lowest BCUT2D eigenvalue weighted by Crippen LogP contribution is -1.98. The van der Waals surface area contributed by atoms with E-state index in [2.05, 4.69) is 11.6 Å². The van der Waals surface area contributed by atoms with Crippen LogP contribution >= 0.6 is 0 Å². The van der Waals surface area contributed by atoms with Gasteiger partial charge >= 0.3 is 0 Å². The molecule has 1 rings (SSSR count). The van der Waals surface area contributed by atoms with Gasteiger partial charge in [0.05, 0.1) is 4.92 Å². The minimum Gasteiger partial charge on any atom is -0.384 e. The third-order valence-electron chi connectivity index (χ3n) is 1.55. The summed E-state index contributed by atoms with van der Waals surface area (Å²) in [5, 5.41) is 10.5. The number of hydrogen-bond acceptors (Lipinski definition) is 4. The molecule has 0 spiro atoms. The maximum absolute atomic E-state index is 10.5. The molecule has 2 N–H and O–H groups in total. The van der Waals surface area contributed by atoms with E-state index in [9.17, 15) is 10.1 Å². The lowest BCUT2D eigenvalue weighted by Gasteiger charge is -1.99. The molecule has 1 aromatic rings. The van der Waals surface area contributed by atoms with E-state index in [0.717, 1.165) is 6.20 Å². The van der Waals surface area contributed by atoms with Crippen molar-refractivity contribution >= 4 is 11.5 Å². The zero-order valence-electron chi connectivity index (χ0n) is 6.93. The molecule has 0 aromatic carbocycles. The minimum absolute atomic E-state index is 0.0194. The fraction of sp³-hybridized carbons (Fsp3) is 0.125. The maximum atomic E-state index is 10.5. The Morgan fingerprint density at radius 3 is 3.00 bits per heavy atom. The number of hydrogen-bond donors (Lipinski definition) is 1. The average Bonchev–Trinajstić information content (AvgIpc) is 2.04. The van der Waals surface area contributed by atoms with Crippen molar-refractivity contribution in [3.8, 4) is 0 Å². The lowest BCUT2D eigenvalue weighted by molar-refractivity contribution is -0.385. The average molecular weight is 179 g/mol. The van der Waals surface area contributed by atoms with E-state index in [0.29, 0.717) is 12.0 Å². The Bertz CT molecular complexity index is 349. The standard InChI is InChI=1S/C8H9N3O2/c1-2-3-6-4-8(9)10-5-7(6)11(12)13/h2,4-5H,1,3H2,(H2,9,10). The zero-order chi connectivity index (χ0) is 9.84. The van der Waals surface area contributed by atoms with Crippen molar-refractivity contribution in [1.29, 1.82) is 0 Å². The number of nitrogen functional groups attached to an aromatic ring is 1. The van der Waals surface area contributed by atoms with E-state index < -0.39 is 4.92 Å². The second kappa shape index (κ2) is 3.66. The molecule has 13 heavy (non-hydrogen) atoms. The number of aromatic nitrogens is 1. The number of pyridine rings is 1. The summed E-state index contributed by atoms with van der Waals surface area (Å²) in [6.45, 7) is 3.50. The Labute approximate surface area is 75.0 Å². The van der Waals surface area contributed by atoms with Crippen LogP contribution < -0.4 is 5.73 Å². The van der Waals surface area contributed by atoms with Gasteiger partial charge in [-0.1, -0.05) is 6.08 Å². The molecule has 0 bridgehead atoms. The quantitative estimate of drug-likeness (QED) is 0.430. The van der Waals surface area contributed by atoms with Crippen LogP contribution in [0.1, 0.15) is 5.56 Å². The van der Waals surface area contributed by atoms with Gasteiger partial charge in [-0.2, -0.15) is 0 Å². The molecule has 0 aliphatic heterocycles. The highest BCUT2D eigenvalue weighted by Gasteiger charge is 2.12. The molecule has 0 fully saturated rings. The van der Waals surface area contributed by atoms with E-state index in [1.54, 1.807) is 6.08 Å². The fourth-order valence-corrected chi connectivity index (χ4v) is 0.992. The van der Waals surface area contributed by atoms with Crippen molar-refractivity contribution in [2.45, 2.75) is 6.42 Å². The van der Waals surface area contributed by atoms with Crippen molar-refractivity contribution in [2.75, 3.05) is 5.73 Å². The van der Waals surface area contributed by atoms with Gasteiger partial charge in [-0.05, 0) is 12.5 Å². The highest BCUT2D eigenvalue weighted by atomic mass is 16.6. The molecular formula is C8H9N3O2. The third kappa shape index (κ3) is 2.02. The first-order chi connectivity index (χ1) is 6.15. The van der Waals surface area contributed by atoms with Crippen LogP contribution in [0.2, 0.25) is 0 Å². The van der Waals surface area contributed by atoms with Crippen LogP contribution in [-0.4, -0.2) is 9.91 Å². The molecule has 1 heterocycles. The summed E-state index contributed by atoms with van der Waals surface area (Å²) in [7, 11) is 0. The van der Waals surface area contributed by atoms with Crippen LogP contribution in [0.5, 0.6) is 0 Å². The number of nitrogens with zero attached hydrogens (tertiary/aromatic N) is 2. The van der Waals surface area contributed by atoms with E-state index in [1.807, 2.05) is 0 Å². The Hall–Kier alpha value is -1.91. The van der Waals surface area contributed by atoms with Crippen molar-refractivity contribution in [1.82, 2.24) is 4.98 Å². The lowest BCUT2D eigenvalue weighted by atomic mass is 10.1. The Morgan fingerprint density at radius 1 is 1.77 bits per heavy atom. The first-order valence-electron chi connectivity index (χ1n) is 3.65. The molecule has 0 unspecified atom stereocenters. The smallest absolute Gasteiger partial charge is 0.291 e. The highest BCUT2D eigenvalue weighted by molar-refractivity contribution is 5.45. The third-order valence-corrected chi connectivity index (χ3v) is 1.55. The summed E-state index contributed by atoms with van der Waals surface area (Å²) < 4.78 is 0. The van der Waals surface area contributed by atoms with Crippen LogP contribution in [0.15, 0.2) is 24.9 Å². The Kier molecular flexibility index (Phi) is 2.59. The number of nitrogens with two attached hydrogens (primary N) is 1. The van der Waals surface area contributed by atoms with Gasteiger partial charge in [0.2, 0.25) is 0 Å². The van der Waals surface area contributed by atoms with Crippen molar-refractivity contribution in [2.24, 2.45) is 0 Å². The van der Waals surface area contributed by atoms with E-state index in [-0.39, 0.29) is 11.5 Å². The molecule has 1 aromatic heterocycles. The first-order valence-corrected chi connectivity index (χ1v) is 3.65. The van der Waals surface area contributed by atoms with Gasteiger partial charge in [0.1, 0.15) is 12.0 Å². The summed E-state index contributed by atoms with van der Waals surface area (Å²) in [4.78, 5) is 13.7. The topological polar surface area (TPSA) is 82.0 Å². The van der Waals surface area contributed by atoms with Gasteiger partial charge in [0, 0.05) is 5.56 Å². The van der Waals surface area contributed by atoms with Crippen molar-refractivity contribution in [3.05, 3.63) is 40.6 Å². The Morgan fingerprint density at radius 2 is 2.46 bits per heavy atom. The van der Waals surface area contributed by atoms with Gasteiger partial charge in [-0.25, -0.2) is 4.98 Å². The van der Waals surface area contributed by atoms with E-state index in [4.69, 9.17) is 5.73 Å². The molecule has 0 saturated carbocycles. The molecule has 0 aliphatic carbocycles. The van der Waals surface area contributed by atoms with Gasteiger partial charge in [-0.15, -0.1) is 6.58 Å². The molecule has 0 amide bonds. The number of nitro groups is 1. The Balaban J connectivity index is 3.17. The predicted molar refractivity (Wildman–Crippen MR) is 49.2 cm³/mol. The summed E-state index contributed by atoms with van der Waals surface area (Å²) in [6.07, 6.45) is 3.17. The predicted octanol–water partition coefficient (Wildman–Crippen LogP) is 1.30. The van der Waals surface area contributed by atoms with Crippen molar-refractivity contribution < 1.29 is 4.92 Å². The molecule has 0 aliphatic rings. The monoisotopic (exact) mass is 179 g/mol. The van der Waals surface area contributed by atoms with Gasteiger partial charge in [0.15, 0.2) is 0 Å². The second-order valence-electron chi connectivity index (χ2n) is 2.49. The van der Waals surface area contributed by atoms with Gasteiger partial charge in [0.25, 0.3) is 5.69 Å². The molecule has 5 heteroatoms. The first kappa shape index (κ1) is 9.18. The van der Waals surface area contributed by atoms with Crippen molar-refractivity contribution in [3.63, 3.8) is 0 Å². The van der Waals surface area contributed by atoms with Crippen LogP contribution in [0.3, 0.4) is 0 Å². The molecular weight excluding hydrogens is 170 g/mol. The zero-order valence-corrected chi connectivity index (χ0v) is 6.93. The number of rotatable bonds is 3. The fourth-order valence-electron chi connectivity index (χ4n) is 0.992. The number of allylic oxidation sites excluding steroid dienone is 1. The summed E-state index contributed by atoms with van der Waals surface area (Å²) in [5.74, 6) is 0.280. The molecule has 5 nitrogen and oxygen atoms in total. The van der Waals surface area contributed by atoms with Crippen LogP contribution in [0, 0.1) is 10.1 Å². The van der Waals surface area contributed by atoms with Crippen LogP contribution in [0.4, 0.5) is 11.5 Å². The summed E-state index contributed by atoms with van der Waals surface area (Å²) in [5.41, 5.74) is 5.91. The highest BCUT2D eigenvalue weighted by Crippen LogP contribution is 2.19. The summed E-state index contributed by atoms with van der Waals surface area (Å²) in [6, 6.07) is 1.49. The van der Waals surface area contributed by atoms with Crippen LogP contribution in [0.25, 0.3) is 0 Å². The van der Waals surface area contributed by atoms with Gasteiger partial charge in [-0.3, -0.25) is 10.1 Å². The molecule has 68 valence electrons. The largest absolute Gasteiger partial charge is 0.384 e. The maximum Gasteiger partial charge on any atom is 0.291 e. The van der Waals surface area contributed by atoms with Crippen LogP contribution in [-0.2, 0) is 6.42 Å². The van der Waals surface area contributed by atoms with E-state index in [1.165, 1.54) is 6.07 Å². The number of anilines is 1. The second-order valence-corrected chi connectivity index (χ2v) is 2.49. The minimum atomic E-state index is -0.481. The normalized spacial score (nSPS) is 9.54. The SMILES string of the molecule is C=CCc1cc(N)ncc1[N+](=O)[O-]. The summed E-state index contributed by atoms with van der Waals surface area (Å²) >= 11 is 0. The molecule has 0 atom stereocenters. The molecule has 0 saturated heterocycles. The van der Waals surface area contributed by atoms with E-state index >= 15 is 0 Å². The molecule has 0 radical (unpaired) electrons.